The summed E-state index contributed by atoms with van der Waals surface area (Å²) in [6.07, 6.45) is 18.9. The van der Waals surface area contributed by atoms with E-state index in [1.165, 1.54) is 30.3 Å². The van der Waals surface area contributed by atoms with Crippen LogP contribution in [0.5, 0.6) is 17.2 Å². The molecule has 17 heteroatoms. The van der Waals surface area contributed by atoms with Gasteiger partial charge in [0, 0.05) is 50.5 Å². The van der Waals surface area contributed by atoms with E-state index in [9.17, 15) is 19.3 Å². The highest BCUT2D eigenvalue weighted by molar-refractivity contribution is 7.56. The van der Waals surface area contributed by atoms with E-state index in [4.69, 9.17) is 28.9 Å². The Kier molecular flexibility index (Phi) is 15.2. The van der Waals surface area contributed by atoms with Crippen molar-refractivity contribution in [3.63, 3.8) is 0 Å². The van der Waals surface area contributed by atoms with Crippen molar-refractivity contribution >= 4 is 41.8 Å². The molecule has 16 nitrogen and oxygen atoms in total. The van der Waals surface area contributed by atoms with Crippen LogP contribution in [-0.2, 0) is 0 Å². The number of hydrogen-bond acceptors (Lipinski definition) is 10. The standard InChI is InChI=1S/C75H66N9O7P/c1-46-61(73(85)82-70(76-46)64(49-22-10-4-11-23-49)67(79-82)55-28-16-7-17-29-55)52-34-40-58(41-35-52)89-92(88,90-59-42-36-53(37-43-59)62-47(2)77-71-65(50-24-12-5-13-25-50)68(80-83(71)74(62)86)56-30-18-8-19-31-56)91-60-44-38-54(39-45-60)63-48(3)78-72-66(51-26-14-6-15-27-51)69(81-84(72)75(63)87)57-32-20-9-21-33-57/h7-9,16-22,24,26,28-45,88H,4-6,10-15,23,25,27H2,1-3H3,(H2-,76,77,78,79,80,81,85,86,87)/p+1. The highest BCUT2D eigenvalue weighted by Crippen LogP contribution is 2.57. The summed E-state index contributed by atoms with van der Waals surface area (Å²) < 4.78 is 23.7. The molecule has 0 radical (unpaired) electrons. The normalized spacial score (nSPS) is 14.5. The molecule has 0 aliphatic heterocycles. The number of fused-ring (bicyclic) bond motifs is 3. The third-order valence-electron chi connectivity index (χ3n) is 18.0. The lowest BCUT2D eigenvalue weighted by atomic mass is 9.92. The largest absolute Gasteiger partial charge is 0.714 e. The molecule has 0 atom stereocenters. The minimum atomic E-state index is -4.45. The molecule has 0 unspecified atom stereocenters. The van der Waals surface area contributed by atoms with E-state index in [0.29, 0.717) is 67.4 Å². The molecule has 6 heterocycles. The zero-order chi connectivity index (χ0) is 62.6. The summed E-state index contributed by atoms with van der Waals surface area (Å²) in [7, 11) is -4.45. The first-order valence-electron chi connectivity index (χ1n) is 31.7. The van der Waals surface area contributed by atoms with Gasteiger partial charge in [-0.25, -0.2) is 13.6 Å². The van der Waals surface area contributed by atoms with Crippen molar-refractivity contribution in [3.05, 3.63) is 247 Å². The summed E-state index contributed by atoms with van der Waals surface area (Å²) in [5, 5.41) is 14.9. The van der Waals surface area contributed by atoms with Crippen molar-refractivity contribution in [2.24, 2.45) is 0 Å². The molecule has 0 bridgehead atoms. The van der Waals surface area contributed by atoms with Crippen molar-refractivity contribution in [3.8, 4) is 84.4 Å². The van der Waals surface area contributed by atoms with Gasteiger partial charge in [0.25, 0.3) is 16.7 Å². The summed E-state index contributed by atoms with van der Waals surface area (Å²) in [4.78, 5) is 67.6. The maximum absolute atomic E-state index is 14.7. The molecule has 0 saturated carbocycles. The minimum Gasteiger partial charge on any atom is -0.343 e. The molecule has 3 aliphatic rings. The summed E-state index contributed by atoms with van der Waals surface area (Å²) in [6, 6.07) is 50.3. The van der Waals surface area contributed by atoms with E-state index < -0.39 is 8.17 Å². The van der Waals surface area contributed by atoms with E-state index in [0.717, 1.165) is 128 Å². The summed E-state index contributed by atoms with van der Waals surface area (Å²) in [5.41, 5.74) is 17.5. The van der Waals surface area contributed by atoms with Crippen LogP contribution in [0.15, 0.2) is 196 Å². The molecular formula is C75H67N9O7P+. The van der Waals surface area contributed by atoms with Crippen molar-refractivity contribution in [1.29, 1.82) is 0 Å². The van der Waals surface area contributed by atoms with Gasteiger partial charge in [-0.1, -0.05) is 146 Å². The van der Waals surface area contributed by atoms with Crippen molar-refractivity contribution in [1.82, 2.24) is 43.8 Å². The molecule has 0 fully saturated rings. The number of aryl methyl sites for hydroxylation is 3. The number of aromatic nitrogens is 9. The fraction of sp³-hybridized carbons (Fsp3) is 0.200. The van der Waals surface area contributed by atoms with Crippen LogP contribution in [0.1, 0.15) is 111 Å². The van der Waals surface area contributed by atoms with Crippen LogP contribution in [0, 0.1) is 20.8 Å². The molecule has 0 amide bonds. The summed E-state index contributed by atoms with van der Waals surface area (Å²) in [5.74, 6) is 0.558. The third kappa shape index (κ3) is 10.7. The lowest BCUT2D eigenvalue weighted by Crippen LogP contribution is -2.19. The first-order chi connectivity index (χ1) is 44.9. The number of H-pyrrole nitrogens is 3. The van der Waals surface area contributed by atoms with Crippen LogP contribution in [-0.4, -0.2) is 48.7 Å². The quantitative estimate of drug-likeness (QED) is 0.0716. The van der Waals surface area contributed by atoms with Gasteiger partial charge in [-0.2, -0.15) is 28.8 Å². The molecule has 92 heavy (non-hydrogen) atoms. The molecule has 4 N–H and O–H groups in total. The zero-order valence-corrected chi connectivity index (χ0v) is 52.2. The fourth-order valence-corrected chi connectivity index (χ4v) is 14.9. The predicted molar refractivity (Wildman–Crippen MR) is 365 cm³/mol. The second kappa shape index (κ2) is 24.1. The van der Waals surface area contributed by atoms with Crippen LogP contribution in [0.25, 0.3) is 101 Å². The molecule has 458 valence electrons. The lowest BCUT2D eigenvalue weighted by Gasteiger charge is -2.17. The Bertz CT molecular complexity index is 4610. The van der Waals surface area contributed by atoms with E-state index in [1.807, 2.05) is 112 Å². The second-order valence-corrected chi connectivity index (χ2v) is 25.6. The predicted octanol–water partition coefficient (Wildman–Crippen LogP) is 16.7. The van der Waals surface area contributed by atoms with E-state index in [1.54, 1.807) is 72.8 Å². The highest BCUT2D eigenvalue weighted by atomic mass is 31.2. The highest BCUT2D eigenvalue weighted by Gasteiger charge is 2.50. The fourth-order valence-electron chi connectivity index (χ4n) is 13.6. The molecular weight excluding hydrogens is 1170 g/mol. The second-order valence-electron chi connectivity index (χ2n) is 24.1. The molecule has 12 aromatic rings. The average Bonchev–Trinajstić information content (AvgIpc) is 1.80. The van der Waals surface area contributed by atoms with E-state index in [-0.39, 0.29) is 33.9 Å². The Morgan fingerprint density at radius 3 is 0.880 bits per heavy atom. The van der Waals surface area contributed by atoms with Crippen LogP contribution >= 0.6 is 8.17 Å². The van der Waals surface area contributed by atoms with Crippen LogP contribution < -0.4 is 30.2 Å². The zero-order valence-electron chi connectivity index (χ0n) is 51.3. The van der Waals surface area contributed by atoms with Gasteiger partial charge in [0.1, 0.15) is 34.0 Å². The SMILES string of the molecule is Cc1[nH]c2c(C3=CCCCC3)c(-c3ccccc3)nn2c(=O)c1-c1ccc(O[P+](O)(Oc2ccc(-c3c(C)[nH]c4c(C5=CCCCC5)c(-c5ccccc5)nn4c3=O)cc2)Oc2ccc(-c3c(C)[nH]c4c(C5=CCCCC5)c(-c5ccccc5)nn4c3=O)cc2)cc1. The lowest BCUT2D eigenvalue weighted by molar-refractivity contribution is 0.255. The van der Waals surface area contributed by atoms with Gasteiger partial charge in [-0.15, -0.1) is 4.89 Å². The maximum Gasteiger partial charge on any atom is 0.714 e. The Labute approximate surface area is 530 Å². The molecule has 6 aromatic carbocycles. The van der Waals surface area contributed by atoms with Crippen molar-refractivity contribution in [2.45, 2.75) is 97.8 Å². The van der Waals surface area contributed by atoms with E-state index in [2.05, 4.69) is 33.2 Å². The first kappa shape index (κ1) is 58.0. The number of rotatable bonds is 15. The van der Waals surface area contributed by atoms with Gasteiger partial charge >= 0.3 is 8.17 Å². The Morgan fingerprint density at radius 1 is 0.359 bits per heavy atom. The molecule has 0 saturated heterocycles. The van der Waals surface area contributed by atoms with Crippen LogP contribution in [0.2, 0.25) is 0 Å². The van der Waals surface area contributed by atoms with Gasteiger partial charge in [-0.3, -0.25) is 14.4 Å². The Balaban J connectivity index is 0.771. The third-order valence-corrected chi connectivity index (χ3v) is 19.3. The minimum absolute atomic E-state index is 0.186. The van der Waals surface area contributed by atoms with Crippen LogP contribution in [0.4, 0.5) is 0 Å². The number of aromatic amines is 3. The smallest absolute Gasteiger partial charge is 0.343 e. The molecule has 15 rings (SSSR count). The molecule has 6 aromatic heterocycles. The number of benzene rings is 6. The summed E-state index contributed by atoms with van der Waals surface area (Å²) >= 11 is 0. The van der Waals surface area contributed by atoms with Gasteiger partial charge in [0.2, 0.25) is 0 Å². The van der Waals surface area contributed by atoms with Crippen molar-refractivity contribution < 1.29 is 18.5 Å². The number of nitrogens with zero attached hydrogens (tertiary/aromatic N) is 6. The Hall–Kier alpha value is -10.4. The van der Waals surface area contributed by atoms with Gasteiger partial charge in [0.15, 0.2) is 17.2 Å². The number of allylic oxidation sites excluding steroid dienone is 6. The van der Waals surface area contributed by atoms with Gasteiger partial charge in [0.05, 0.1) is 16.7 Å². The number of hydrogen-bond donors (Lipinski definition) is 4. The maximum atomic E-state index is 14.7. The summed E-state index contributed by atoms with van der Waals surface area (Å²) in [6.45, 7) is 5.67. The number of nitrogens with one attached hydrogen (secondary N) is 3. The first-order valence-corrected chi connectivity index (χ1v) is 33.2. The monoisotopic (exact) mass is 1240 g/mol. The van der Waals surface area contributed by atoms with E-state index >= 15 is 0 Å². The molecule has 3 aliphatic carbocycles. The van der Waals surface area contributed by atoms with Gasteiger partial charge < -0.3 is 15.0 Å². The average molecular weight is 1240 g/mol. The molecule has 0 spiro atoms. The Morgan fingerprint density at radius 2 is 0.630 bits per heavy atom. The van der Waals surface area contributed by atoms with Gasteiger partial charge in [-0.05, 0) is 168 Å². The van der Waals surface area contributed by atoms with Crippen LogP contribution in [0.3, 0.4) is 0 Å². The van der Waals surface area contributed by atoms with Crippen molar-refractivity contribution in [2.75, 3.05) is 0 Å². The topological polar surface area (TPSA) is 198 Å².